The topological polar surface area (TPSA) is 49.4 Å². The fourth-order valence-corrected chi connectivity index (χ4v) is 5.21. The van der Waals surface area contributed by atoms with E-state index in [9.17, 15) is 8.42 Å². The largest absolute Gasteiger partial charge is 0.307 e. The van der Waals surface area contributed by atoms with Crippen LogP contribution in [0.3, 0.4) is 0 Å². The number of sulfone groups is 1. The van der Waals surface area contributed by atoms with Crippen molar-refractivity contribution in [2.75, 3.05) is 25.4 Å². The lowest BCUT2D eigenvalue weighted by molar-refractivity contribution is 0.255. The summed E-state index contributed by atoms with van der Waals surface area (Å²) in [4.78, 5) is 2.98. The number of benzene rings is 1. The molecule has 0 spiro atoms. The van der Waals surface area contributed by atoms with Crippen molar-refractivity contribution in [1.82, 2.24) is 10.2 Å². The van der Waals surface area contributed by atoms with Gasteiger partial charge in [0.2, 0.25) is 0 Å². The van der Waals surface area contributed by atoms with E-state index in [-0.39, 0.29) is 11.8 Å². The minimum absolute atomic E-state index is 0.0458. The van der Waals surface area contributed by atoms with Crippen molar-refractivity contribution in [3.8, 4) is 0 Å². The summed E-state index contributed by atoms with van der Waals surface area (Å²) in [5.74, 6) is 0.200. The predicted octanol–water partition coefficient (Wildman–Crippen LogP) is 1.59. The summed E-state index contributed by atoms with van der Waals surface area (Å²) >= 11 is 0. The molecule has 1 aromatic rings. The number of rotatable bonds is 4. The summed E-state index contributed by atoms with van der Waals surface area (Å²) in [6.07, 6.45) is 2.46. The van der Waals surface area contributed by atoms with E-state index < -0.39 is 9.84 Å². The molecule has 2 aliphatic rings. The molecule has 110 valence electrons. The van der Waals surface area contributed by atoms with Gasteiger partial charge in [-0.05, 0) is 37.6 Å². The van der Waals surface area contributed by atoms with E-state index in [1.165, 1.54) is 19.4 Å². The molecule has 0 radical (unpaired) electrons. The van der Waals surface area contributed by atoms with Crippen LogP contribution in [0.4, 0.5) is 0 Å². The zero-order chi connectivity index (χ0) is 14.2. The van der Waals surface area contributed by atoms with Crippen molar-refractivity contribution >= 4 is 9.84 Å². The molecule has 1 saturated heterocycles. The number of nitrogens with zero attached hydrogens (tertiary/aromatic N) is 1. The summed E-state index contributed by atoms with van der Waals surface area (Å²) in [7, 11) is -3.10. The Hall–Kier alpha value is -0.910. The van der Waals surface area contributed by atoms with Crippen molar-refractivity contribution in [1.29, 1.82) is 0 Å². The first kappa shape index (κ1) is 14.0. The van der Waals surface area contributed by atoms with Gasteiger partial charge in [0, 0.05) is 18.6 Å². The number of likely N-dealkylation sites (N-methyl/N-ethyl adjacent to an activating group) is 1. The second kappa shape index (κ2) is 5.47. The molecule has 20 heavy (non-hydrogen) atoms. The summed E-state index contributed by atoms with van der Waals surface area (Å²) in [5, 5.41) is 3.48. The molecule has 5 heteroatoms. The van der Waals surface area contributed by atoms with E-state index in [1.54, 1.807) is 12.1 Å². The second-order valence-electron chi connectivity index (χ2n) is 5.70. The minimum Gasteiger partial charge on any atom is -0.307 e. The molecule has 0 amide bonds. The van der Waals surface area contributed by atoms with Gasteiger partial charge in [-0.1, -0.05) is 25.1 Å². The van der Waals surface area contributed by atoms with Crippen molar-refractivity contribution in [3.05, 3.63) is 29.8 Å². The van der Waals surface area contributed by atoms with Crippen LogP contribution in [-0.4, -0.2) is 44.7 Å². The van der Waals surface area contributed by atoms with Gasteiger partial charge in [0.25, 0.3) is 0 Å². The monoisotopic (exact) mass is 294 g/mol. The molecular formula is C15H22N2O2S. The molecule has 2 aliphatic heterocycles. The van der Waals surface area contributed by atoms with Crippen LogP contribution in [0.15, 0.2) is 29.2 Å². The van der Waals surface area contributed by atoms with Gasteiger partial charge in [0.05, 0.1) is 10.6 Å². The molecule has 4 nitrogen and oxygen atoms in total. The molecule has 0 aliphatic carbocycles. The zero-order valence-corrected chi connectivity index (χ0v) is 12.7. The molecule has 2 heterocycles. The highest BCUT2D eigenvalue weighted by atomic mass is 32.2. The van der Waals surface area contributed by atoms with Crippen LogP contribution < -0.4 is 5.32 Å². The second-order valence-corrected chi connectivity index (χ2v) is 7.71. The van der Waals surface area contributed by atoms with Crippen LogP contribution >= 0.6 is 0 Å². The first-order valence-electron chi connectivity index (χ1n) is 7.41. The minimum atomic E-state index is -3.10. The van der Waals surface area contributed by atoms with Gasteiger partial charge >= 0.3 is 0 Å². The van der Waals surface area contributed by atoms with Crippen molar-refractivity contribution in [2.45, 2.75) is 36.7 Å². The lowest BCUT2D eigenvalue weighted by Gasteiger charge is -2.24. The molecule has 0 bridgehead atoms. The Labute approximate surface area is 121 Å². The van der Waals surface area contributed by atoms with Gasteiger partial charge in [0.15, 0.2) is 9.84 Å². The predicted molar refractivity (Wildman–Crippen MR) is 79.5 cm³/mol. The molecule has 1 fully saturated rings. The highest BCUT2D eigenvalue weighted by molar-refractivity contribution is 7.91. The highest BCUT2D eigenvalue weighted by Crippen LogP contribution is 2.33. The molecule has 2 atom stereocenters. The number of hydrogen-bond donors (Lipinski definition) is 1. The molecule has 1 N–H and O–H groups in total. The first-order chi connectivity index (χ1) is 9.62. The maximum absolute atomic E-state index is 12.1. The summed E-state index contributed by atoms with van der Waals surface area (Å²) in [5.41, 5.74) is 0.938. The van der Waals surface area contributed by atoms with Crippen molar-refractivity contribution in [2.24, 2.45) is 0 Å². The SMILES string of the molecule is CCN1CCCC1CNC1CS(=O)(=O)c2ccccc21. The van der Waals surface area contributed by atoms with Crippen LogP contribution in [0.25, 0.3) is 0 Å². The third kappa shape index (κ3) is 2.50. The van der Waals surface area contributed by atoms with Crippen molar-refractivity contribution < 1.29 is 8.42 Å². The Morgan fingerprint density at radius 1 is 1.35 bits per heavy atom. The lowest BCUT2D eigenvalue weighted by Crippen LogP contribution is -2.39. The fourth-order valence-electron chi connectivity index (χ4n) is 3.44. The first-order valence-corrected chi connectivity index (χ1v) is 9.06. The Balaban J connectivity index is 1.71. The maximum Gasteiger partial charge on any atom is 0.180 e. The third-order valence-corrected chi connectivity index (χ3v) is 6.33. The summed E-state index contributed by atoms with van der Waals surface area (Å²) in [6, 6.07) is 7.88. The van der Waals surface area contributed by atoms with Crippen molar-refractivity contribution in [3.63, 3.8) is 0 Å². The number of fused-ring (bicyclic) bond motifs is 1. The average Bonchev–Trinajstić information content (AvgIpc) is 3.00. The normalized spacial score (nSPS) is 28.6. The Morgan fingerprint density at radius 3 is 2.95 bits per heavy atom. The smallest absolute Gasteiger partial charge is 0.180 e. The van der Waals surface area contributed by atoms with Crippen LogP contribution in [0, 0.1) is 0 Å². The molecule has 3 rings (SSSR count). The standard InChI is InChI=1S/C15H22N2O2S/c1-2-17-9-5-6-12(17)10-16-14-11-20(18,19)15-8-4-3-7-13(14)15/h3-4,7-8,12,14,16H,2,5-6,9-11H2,1H3. The van der Waals surface area contributed by atoms with Crippen LogP contribution in [0.1, 0.15) is 31.4 Å². The van der Waals surface area contributed by atoms with E-state index in [0.29, 0.717) is 10.9 Å². The van der Waals surface area contributed by atoms with Gasteiger partial charge in [-0.2, -0.15) is 0 Å². The van der Waals surface area contributed by atoms with Crippen LogP contribution in [-0.2, 0) is 9.84 Å². The van der Waals surface area contributed by atoms with Gasteiger partial charge < -0.3 is 5.32 Å². The van der Waals surface area contributed by atoms with Crippen LogP contribution in [0.2, 0.25) is 0 Å². The maximum atomic E-state index is 12.1. The molecule has 2 unspecified atom stereocenters. The summed E-state index contributed by atoms with van der Waals surface area (Å²) < 4.78 is 24.3. The van der Waals surface area contributed by atoms with E-state index in [2.05, 4.69) is 17.1 Å². The van der Waals surface area contributed by atoms with Gasteiger partial charge in [-0.3, -0.25) is 4.90 Å². The van der Waals surface area contributed by atoms with E-state index in [4.69, 9.17) is 0 Å². The molecule has 0 saturated carbocycles. The Bertz CT molecular complexity index is 585. The number of likely N-dealkylation sites (tertiary alicyclic amines) is 1. The highest BCUT2D eigenvalue weighted by Gasteiger charge is 2.34. The van der Waals surface area contributed by atoms with Gasteiger partial charge in [0.1, 0.15) is 0 Å². The third-order valence-electron chi connectivity index (χ3n) is 4.52. The quantitative estimate of drug-likeness (QED) is 0.916. The Kier molecular flexibility index (Phi) is 3.84. The van der Waals surface area contributed by atoms with Gasteiger partial charge in [-0.25, -0.2) is 8.42 Å². The van der Waals surface area contributed by atoms with Gasteiger partial charge in [-0.15, -0.1) is 0 Å². The zero-order valence-electron chi connectivity index (χ0n) is 11.9. The van der Waals surface area contributed by atoms with E-state index in [1.807, 2.05) is 12.1 Å². The summed E-state index contributed by atoms with van der Waals surface area (Å²) in [6.45, 7) is 5.31. The number of hydrogen-bond acceptors (Lipinski definition) is 4. The molecule has 1 aromatic carbocycles. The number of nitrogens with one attached hydrogen (secondary N) is 1. The van der Waals surface area contributed by atoms with Crippen LogP contribution in [0.5, 0.6) is 0 Å². The molecular weight excluding hydrogens is 272 g/mol. The van der Waals surface area contributed by atoms with E-state index >= 15 is 0 Å². The van der Waals surface area contributed by atoms with E-state index in [0.717, 1.165) is 18.7 Å². The lowest BCUT2D eigenvalue weighted by atomic mass is 10.1. The Morgan fingerprint density at radius 2 is 2.15 bits per heavy atom. The average molecular weight is 294 g/mol. The fraction of sp³-hybridized carbons (Fsp3) is 0.600. The molecule has 0 aromatic heterocycles.